The van der Waals surface area contributed by atoms with E-state index >= 15 is 0 Å². The van der Waals surface area contributed by atoms with Crippen molar-refractivity contribution < 1.29 is 24.5 Å². The summed E-state index contributed by atoms with van der Waals surface area (Å²) in [6.07, 6.45) is -0.627. The lowest BCUT2D eigenvalue weighted by molar-refractivity contribution is -0.116. The highest BCUT2D eigenvalue weighted by Crippen LogP contribution is 2.32. The fourth-order valence-electron chi connectivity index (χ4n) is 2.34. The van der Waals surface area contributed by atoms with E-state index in [2.05, 4.69) is 5.32 Å². The maximum Gasteiger partial charge on any atom is 0.224 e. The highest BCUT2D eigenvalue weighted by molar-refractivity contribution is 6.31. The number of nitrogens with one attached hydrogen (secondary N) is 1. The Morgan fingerprint density at radius 2 is 1.96 bits per heavy atom. The van der Waals surface area contributed by atoms with Crippen molar-refractivity contribution in [3.63, 3.8) is 0 Å². The third-order valence-corrected chi connectivity index (χ3v) is 3.91. The van der Waals surface area contributed by atoms with E-state index in [0.29, 0.717) is 22.1 Å². The van der Waals surface area contributed by atoms with Crippen LogP contribution >= 0.6 is 11.6 Å². The normalized spacial score (nSPS) is 11.7. The first kappa shape index (κ1) is 18.9. The van der Waals surface area contributed by atoms with Gasteiger partial charge in [-0.15, -0.1) is 0 Å². The summed E-state index contributed by atoms with van der Waals surface area (Å²) in [5.41, 5.74) is 0.802. The molecule has 6 nitrogen and oxygen atoms in total. The number of hydrogen-bond acceptors (Lipinski definition) is 5. The zero-order valence-electron chi connectivity index (χ0n) is 14.0. The number of rotatable bonds is 7. The summed E-state index contributed by atoms with van der Waals surface area (Å²) in [7, 11) is 3.04. The van der Waals surface area contributed by atoms with Gasteiger partial charge in [0.1, 0.15) is 17.2 Å². The van der Waals surface area contributed by atoms with Gasteiger partial charge in [0.15, 0.2) is 0 Å². The number of amides is 1. The van der Waals surface area contributed by atoms with Crippen molar-refractivity contribution in [1.82, 2.24) is 0 Å². The van der Waals surface area contributed by atoms with Crippen molar-refractivity contribution in [2.45, 2.75) is 18.9 Å². The van der Waals surface area contributed by atoms with Gasteiger partial charge in [-0.3, -0.25) is 4.79 Å². The average Bonchev–Trinajstić information content (AvgIpc) is 2.62. The Balaban J connectivity index is 1.98. The summed E-state index contributed by atoms with van der Waals surface area (Å²) in [6, 6.07) is 9.45. The number of phenols is 1. The Hall–Kier alpha value is -2.44. The monoisotopic (exact) mass is 365 g/mol. The van der Waals surface area contributed by atoms with Crippen LogP contribution < -0.4 is 14.8 Å². The second-order valence-corrected chi connectivity index (χ2v) is 5.81. The van der Waals surface area contributed by atoms with Crippen molar-refractivity contribution in [2.75, 3.05) is 19.5 Å². The molecule has 25 heavy (non-hydrogen) atoms. The molecule has 0 saturated carbocycles. The Morgan fingerprint density at radius 3 is 2.64 bits per heavy atom. The molecule has 1 atom stereocenters. The molecule has 1 unspecified atom stereocenters. The number of phenolic OH excluding ortho intramolecular Hbond substituents is 1. The van der Waals surface area contributed by atoms with E-state index in [1.54, 1.807) is 25.3 Å². The SMILES string of the molecule is COc1ccc(C(O)CCC(=O)Nc2cc(Cl)ccc2O)c(OC)c1. The van der Waals surface area contributed by atoms with Gasteiger partial charge in [0.25, 0.3) is 0 Å². The predicted octanol–water partition coefficient (Wildman–Crippen LogP) is 3.52. The summed E-state index contributed by atoms with van der Waals surface area (Å²) in [5.74, 6) is 0.681. The molecule has 3 N–H and O–H groups in total. The first-order valence-corrected chi connectivity index (χ1v) is 8.00. The molecule has 0 radical (unpaired) electrons. The van der Waals surface area contributed by atoms with Crippen molar-refractivity contribution >= 4 is 23.2 Å². The molecule has 0 spiro atoms. The summed E-state index contributed by atoms with van der Waals surface area (Å²) in [4.78, 5) is 12.0. The first-order valence-electron chi connectivity index (χ1n) is 7.63. The number of aliphatic hydroxyl groups is 1. The van der Waals surface area contributed by atoms with Gasteiger partial charge in [0.2, 0.25) is 5.91 Å². The molecular weight excluding hydrogens is 346 g/mol. The van der Waals surface area contributed by atoms with Crippen LogP contribution in [-0.2, 0) is 4.79 Å². The molecule has 134 valence electrons. The zero-order valence-corrected chi connectivity index (χ0v) is 14.7. The van der Waals surface area contributed by atoms with E-state index in [0.717, 1.165) is 0 Å². The van der Waals surface area contributed by atoms with E-state index in [-0.39, 0.29) is 30.2 Å². The van der Waals surface area contributed by atoms with Crippen LogP contribution in [0.1, 0.15) is 24.5 Å². The number of aromatic hydroxyl groups is 1. The highest BCUT2D eigenvalue weighted by atomic mass is 35.5. The Labute approximate surface area is 151 Å². The van der Waals surface area contributed by atoms with Crippen LogP contribution in [0.15, 0.2) is 36.4 Å². The Kier molecular flexibility index (Phi) is 6.50. The van der Waals surface area contributed by atoms with Gasteiger partial charge < -0.3 is 25.0 Å². The van der Waals surface area contributed by atoms with E-state index < -0.39 is 6.10 Å². The van der Waals surface area contributed by atoms with Crippen LogP contribution in [0.3, 0.4) is 0 Å². The van der Waals surface area contributed by atoms with E-state index in [4.69, 9.17) is 21.1 Å². The Bertz CT molecular complexity index is 750. The van der Waals surface area contributed by atoms with Gasteiger partial charge in [-0.2, -0.15) is 0 Å². The van der Waals surface area contributed by atoms with Crippen molar-refractivity contribution in [2.24, 2.45) is 0 Å². The fraction of sp³-hybridized carbons (Fsp3) is 0.278. The van der Waals surface area contributed by atoms with Crippen LogP contribution in [0.4, 0.5) is 5.69 Å². The summed E-state index contributed by atoms with van der Waals surface area (Å²) >= 11 is 5.84. The van der Waals surface area contributed by atoms with Crippen molar-refractivity contribution in [3.05, 3.63) is 47.0 Å². The maximum atomic E-state index is 12.0. The standard InChI is InChI=1S/C18H20ClNO5/c1-24-12-4-5-13(17(10-12)25-2)15(21)7-8-18(23)20-14-9-11(19)3-6-16(14)22/h3-6,9-10,15,21-22H,7-8H2,1-2H3,(H,20,23). The largest absolute Gasteiger partial charge is 0.506 e. The topological polar surface area (TPSA) is 88.0 Å². The molecule has 0 aliphatic heterocycles. The molecule has 2 rings (SSSR count). The number of benzene rings is 2. The average molecular weight is 366 g/mol. The lowest BCUT2D eigenvalue weighted by atomic mass is 10.0. The number of ether oxygens (including phenoxy) is 2. The lowest BCUT2D eigenvalue weighted by Crippen LogP contribution is -2.13. The molecule has 0 fully saturated rings. The Morgan fingerprint density at radius 1 is 1.20 bits per heavy atom. The van der Waals surface area contributed by atoms with Crippen molar-refractivity contribution in [3.8, 4) is 17.2 Å². The minimum atomic E-state index is -0.875. The molecule has 2 aromatic carbocycles. The molecular formula is C18H20ClNO5. The van der Waals surface area contributed by atoms with Gasteiger partial charge in [0, 0.05) is 23.1 Å². The van der Waals surface area contributed by atoms with Crippen molar-refractivity contribution in [1.29, 1.82) is 0 Å². The lowest BCUT2D eigenvalue weighted by Gasteiger charge is -2.16. The molecule has 0 aliphatic rings. The summed E-state index contributed by atoms with van der Waals surface area (Å²) < 4.78 is 10.4. The third kappa shape index (κ3) is 5.01. The molecule has 0 saturated heterocycles. The van der Waals surface area contributed by atoms with E-state index in [1.807, 2.05) is 0 Å². The van der Waals surface area contributed by atoms with Crippen LogP contribution in [0, 0.1) is 0 Å². The minimum Gasteiger partial charge on any atom is -0.506 e. The van der Waals surface area contributed by atoms with Gasteiger partial charge in [-0.05, 0) is 36.8 Å². The van der Waals surface area contributed by atoms with Crippen LogP contribution in [0.2, 0.25) is 5.02 Å². The quantitative estimate of drug-likeness (QED) is 0.653. The van der Waals surface area contributed by atoms with Gasteiger partial charge in [-0.25, -0.2) is 0 Å². The van der Waals surface area contributed by atoms with Crippen LogP contribution in [0.25, 0.3) is 0 Å². The molecule has 7 heteroatoms. The van der Waals surface area contributed by atoms with Crippen LogP contribution in [0.5, 0.6) is 17.2 Å². The smallest absolute Gasteiger partial charge is 0.224 e. The molecule has 2 aromatic rings. The summed E-state index contributed by atoms with van der Waals surface area (Å²) in [5, 5.41) is 23.0. The second kappa shape index (κ2) is 8.60. The van der Waals surface area contributed by atoms with Crippen LogP contribution in [-0.4, -0.2) is 30.3 Å². The van der Waals surface area contributed by atoms with Gasteiger partial charge >= 0.3 is 0 Å². The zero-order chi connectivity index (χ0) is 18.4. The van der Waals surface area contributed by atoms with Gasteiger partial charge in [0.05, 0.1) is 26.0 Å². The second-order valence-electron chi connectivity index (χ2n) is 5.37. The number of aliphatic hydroxyl groups excluding tert-OH is 1. The highest BCUT2D eigenvalue weighted by Gasteiger charge is 2.16. The maximum absolute atomic E-state index is 12.0. The number of hydrogen-bond donors (Lipinski definition) is 3. The molecule has 1 amide bonds. The minimum absolute atomic E-state index is 0.0578. The fourth-order valence-corrected chi connectivity index (χ4v) is 2.51. The van der Waals surface area contributed by atoms with E-state index in [1.165, 1.54) is 25.3 Å². The number of methoxy groups -OCH3 is 2. The molecule has 0 heterocycles. The molecule has 0 aromatic heterocycles. The number of halogens is 1. The van der Waals surface area contributed by atoms with E-state index in [9.17, 15) is 15.0 Å². The third-order valence-electron chi connectivity index (χ3n) is 3.68. The number of anilines is 1. The van der Waals surface area contributed by atoms with Gasteiger partial charge in [-0.1, -0.05) is 11.6 Å². The summed E-state index contributed by atoms with van der Waals surface area (Å²) in [6.45, 7) is 0. The number of carbonyl (C=O) groups is 1. The first-order chi connectivity index (χ1) is 11.9. The molecule has 0 aliphatic carbocycles. The predicted molar refractivity (Wildman–Crippen MR) is 95.5 cm³/mol. The number of carbonyl (C=O) groups excluding carboxylic acids is 1. The molecule has 0 bridgehead atoms.